The molecule has 0 aliphatic heterocycles. The highest BCUT2D eigenvalue weighted by Gasteiger charge is 2.38. The van der Waals surface area contributed by atoms with Crippen molar-refractivity contribution in [2.75, 3.05) is 11.9 Å². The number of esters is 1. The van der Waals surface area contributed by atoms with Crippen molar-refractivity contribution >= 4 is 28.2 Å². The summed E-state index contributed by atoms with van der Waals surface area (Å²) in [5, 5.41) is 5.09. The normalized spacial score (nSPS) is 25.4. The molecule has 0 saturated heterocycles. The fraction of sp³-hybridized carbons (Fsp3) is 0.600. The van der Waals surface area contributed by atoms with Gasteiger partial charge in [0.05, 0.1) is 17.7 Å². The smallest absolute Gasteiger partial charge is 0.341 e. The van der Waals surface area contributed by atoms with Crippen LogP contribution in [0.15, 0.2) is 11.4 Å². The minimum atomic E-state index is -0.840. The van der Waals surface area contributed by atoms with E-state index >= 15 is 0 Å². The van der Waals surface area contributed by atoms with Gasteiger partial charge < -0.3 is 15.8 Å². The monoisotopic (exact) mass is 310 g/mol. The molecule has 1 heterocycles. The molecule has 21 heavy (non-hydrogen) atoms. The first-order valence-corrected chi connectivity index (χ1v) is 8.19. The van der Waals surface area contributed by atoms with Crippen molar-refractivity contribution in [1.29, 1.82) is 0 Å². The molecule has 5 nitrogen and oxygen atoms in total. The fourth-order valence-corrected chi connectivity index (χ4v) is 3.57. The van der Waals surface area contributed by atoms with E-state index in [-0.39, 0.29) is 5.91 Å². The summed E-state index contributed by atoms with van der Waals surface area (Å²) in [4.78, 5) is 24.3. The van der Waals surface area contributed by atoms with E-state index in [1.165, 1.54) is 11.3 Å². The van der Waals surface area contributed by atoms with Crippen LogP contribution in [0.5, 0.6) is 0 Å². The maximum atomic E-state index is 12.5. The number of nitrogens with two attached hydrogens (primary N) is 1. The molecule has 0 bridgehead atoms. The average molecular weight is 310 g/mol. The lowest BCUT2D eigenvalue weighted by Crippen LogP contribution is -2.53. The summed E-state index contributed by atoms with van der Waals surface area (Å²) < 4.78 is 4.98. The minimum Gasteiger partial charge on any atom is -0.462 e. The predicted octanol–water partition coefficient (Wildman–Crippen LogP) is 2.77. The molecule has 1 aromatic heterocycles. The lowest BCUT2D eigenvalue weighted by molar-refractivity contribution is -0.122. The van der Waals surface area contributed by atoms with Crippen molar-refractivity contribution in [3.63, 3.8) is 0 Å². The van der Waals surface area contributed by atoms with E-state index in [2.05, 4.69) is 12.2 Å². The Morgan fingerprint density at radius 1 is 1.57 bits per heavy atom. The number of carbonyl (C=O) groups is 2. The second-order valence-electron chi connectivity index (χ2n) is 5.70. The molecule has 1 fully saturated rings. The number of ether oxygens (including phenoxy) is 1. The fourth-order valence-electron chi connectivity index (χ4n) is 2.80. The molecular weight excluding hydrogens is 288 g/mol. The van der Waals surface area contributed by atoms with Crippen molar-refractivity contribution in [3.8, 4) is 0 Å². The van der Waals surface area contributed by atoms with E-state index < -0.39 is 11.5 Å². The molecular formula is C15H22N2O3S. The molecule has 1 amide bonds. The quantitative estimate of drug-likeness (QED) is 0.838. The van der Waals surface area contributed by atoms with Gasteiger partial charge in [-0.15, -0.1) is 11.3 Å². The van der Waals surface area contributed by atoms with E-state index in [4.69, 9.17) is 10.5 Å². The molecule has 1 aliphatic carbocycles. The first-order chi connectivity index (χ1) is 9.96. The molecule has 1 aliphatic rings. The van der Waals surface area contributed by atoms with Gasteiger partial charge in [-0.2, -0.15) is 0 Å². The van der Waals surface area contributed by atoms with E-state index in [0.717, 1.165) is 12.8 Å². The summed E-state index contributed by atoms with van der Waals surface area (Å²) >= 11 is 1.31. The summed E-state index contributed by atoms with van der Waals surface area (Å²) in [6.45, 7) is 4.17. The van der Waals surface area contributed by atoms with Crippen molar-refractivity contribution in [2.24, 2.45) is 11.7 Å². The van der Waals surface area contributed by atoms with Crippen LogP contribution in [-0.2, 0) is 9.53 Å². The zero-order valence-electron chi connectivity index (χ0n) is 12.5. The Morgan fingerprint density at radius 3 is 3.00 bits per heavy atom. The van der Waals surface area contributed by atoms with Crippen LogP contribution in [-0.4, -0.2) is 24.0 Å². The third-order valence-corrected chi connectivity index (χ3v) is 4.70. The van der Waals surface area contributed by atoms with Crippen LogP contribution in [0.25, 0.3) is 0 Å². The van der Waals surface area contributed by atoms with Gasteiger partial charge in [0.15, 0.2) is 0 Å². The lowest BCUT2D eigenvalue weighted by atomic mass is 9.76. The van der Waals surface area contributed by atoms with Gasteiger partial charge in [0.25, 0.3) is 0 Å². The lowest BCUT2D eigenvalue weighted by Gasteiger charge is -2.35. The Bertz CT molecular complexity index is 529. The van der Waals surface area contributed by atoms with Crippen molar-refractivity contribution in [3.05, 3.63) is 17.0 Å². The predicted molar refractivity (Wildman–Crippen MR) is 83.5 cm³/mol. The summed E-state index contributed by atoms with van der Waals surface area (Å²) in [5.41, 5.74) is 5.82. The second kappa shape index (κ2) is 6.58. The number of hydrogen-bond acceptors (Lipinski definition) is 5. The van der Waals surface area contributed by atoms with Gasteiger partial charge in [0, 0.05) is 0 Å². The van der Waals surface area contributed by atoms with Gasteiger partial charge in [-0.1, -0.05) is 19.8 Å². The molecule has 1 aromatic rings. The zero-order valence-corrected chi connectivity index (χ0v) is 13.3. The van der Waals surface area contributed by atoms with Gasteiger partial charge in [0.1, 0.15) is 5.00 Å². The first kappa shape index (κ1) is 16.0. The Balaban J connectivity index is 2.09. The molecule has 0 aromatic carbocycles. The number of nitrogens with one attached hydrogen (secondary N) is 1. The third-order valence-electron chi connectivity index (χ3n) is 3.87. The average Bonchev–Trinajstić information content (AvgIpc) is 2.87. The number of amides is 1. The zero-order chi connectivity index (χ0) is 15.5. The van der Waals surface area contributed by atoms with Crippen LogP contribution < -0.4 is 11.1 Å². The Labute approximate surface area is 128 Å². The maximum Gasteiger partial charge on any atom is 0.341 e. The van der Waals surface area contributed by atoms with Gasteiger partial charge >= 0.3 is 5.97 Å². The van der Waals surface area contributed by atoms with Crippen LogP contribution in [0.3, 0.4) is 0 Å². The molecule has 0 radical (unpaired) electrons. The standard InChI is InChI=1S/C15H22N2O3S/c1-3-20-13(18)11-6-8-21-12(11)17-14(19)15(16)7-4-5-10(2)9-15/h6,8,10H,3-5,7,9,16H2,1-2H3,(H,17,19). The summed E-state index contributed by atoms with van der Waals surface area (Å²) in [7, 11) is 0. The van der Waals surface area contributed by atoms with E-state index in [1.807, 2.05) is 0 Å². The van der Waals surface area contributed by atoms with Crippen molar-refractivity contribution in [1.82, 2.24) is 0 Å². The molecule has 2 atom stereocenters. The summed E-state index contributed by atoms with van der Waals surface area (Å²) in [6.07, 6.45) is 3.43. The number of rotatable bonds is 4. The number of hydrogen-bond donors (Lipinski definition) is 2. The molecule has 3 N–H and O–H groups in total. The highest BCUT2D eigenvalue weighted by Crippen LogP contribution is 2.32. The number of carbonyl (C=O) groups excluding carboxylic acids is 2. The van der Waals surface area contributed by atoms with Gasteiger partial charge in [-0.05, 0) is 37.1 Å². The third kappa shape index (κ3) is 3.63. The highest BCUT2D eigenvalue weighted by atomic mass is 32.1. The summed E-state index contributed by atoms with van der Waals surface area (Å²) in [5.74, 6) is -0.179. The first-order valence-electron chi connectivity index (χ1n) is 7.31. The SMILES string of the molecule is CCOC(=O)c1ccsc1NC(=O)C1(N)CCCC(C)C1. The van der Waals surface area contributed by atoms with Crippen molar-refractivity contribution < 1.29 is 14.3 Å². The second-order valence-corrected chi connectivity index (χ2v) is 6.61. The van der Waals surface area contributed by atoms with E-state index in [1.54, 1.807) is 18.4 Å². The van der Waals surface area contributed by atoms with Gasteiger partial charge in [-0.25, -0.2) is 4.79 Å². The number of thiophene rings is 1. The molecule has 2 rings (SSSR count). The highest BCUT2D eigenvalue weighted by molar-refractivity contribution is 7.14. The maximum absolute atomic E-state index is 12.5. The molecule has 1 saturated carbocycles. The Kier molecular flexibility index (Phi) is 5.00. The van der Waals surface area contributed by atoms with E-state index in [9.17, 15) is 9.59 Å². The summed E-state index contributed by atoms with van der Waals surface area (Å²) in [6, 6.07) is 1.66. The van der Waals surface area contributed by atoms with Gasteiger partial charge in [-0.3, -0.25) is 4.79 Å². The van der Waals surface area contributed by atoms with Crippen LogP contribution in [0.1, 0.15) is 49.9 Å². The van der Waals surface area contributed by atoms with E-state index in [0.29, 0.717) is 35.9 Å². The largest absolute Gasteiger partial charge is 0.462 e. The van der Waals surface area contributed by atoms with Crippen molar-refractivity contribution in [2.45, 2.75) is 45.1 Å². The molecule has 0 spiro atoms. The number of anilines is 1. The Hall–Kier alpha value is -1.40. The Morgan fingerprint density at radius 2 is 2.33 bits per heavy atom. The van der Waals surface area contributed by atoms with Gasteiger partial charge in [0.2, 0.25) is 5.91 Å². The van der Waals surface area contributed by atoms with Crippen LogP contribution >= 0.6 is 11.3 Å². The van der Waals surface area contributed by atoms with Crippen LogP contribution in [0, 0.1) is 5.92 Å². The molecule has 2 unspecified atom stereocenters. The minimum absolute atomic E-state index is 0.206. The topological polar surface area (TPSA) is 81.4 Å². The van der Waals surface area contributed by atoms with Crippen LogP contribution in [0.4, 0.5) is 5.00 Å². The van der Waals surface area contributed by atoms with Crippen LogP contribution in [0.2, 0.25) is 0 Å². The molecule has 116 valence electrons. The molecule has 6 heteroatoms.